The number of hydrogen-bond acceptors (Lipinski definition) is 19. The molecular weight excluding hydrogens is 1170 g/mol. The molecule has 0 unspecified atom stereocenters. The topological polar surface area (TPSA) is 258 Å². The molecule has 5 aromatic carbocycles. The van der Waals surface area contributed by atoms with Crippen molar-refractivity contribution in [3.63, 3.8) is 0 Å². The van der Waals surface area contributed by atoms with Gasteiger partial charge in [0.05, 0.1) is 52.8 Å². The first kappa shape index (κ1) is 69.7. The Morgan fingerprint density at radius 3 is 1.35 bits per heavy atom. The summed E-state index contributed by atoms with van der Waals surface area (Å²) in [5, 5.41) is 6.81. The Morgan fingerprint density at radius 2 is 0.857 bits per heavy atom. The lowest BCUT2D eigenvalue weighted by Crippen LogP contribution is -2.70. The lowest BCUT2D eigenvalue weighted by Gasteiger charge is -2.51. The highest BCUT2D eigenvalue weighted by Gasteiger charge is 2.58. The first-order chi connectivity index (χ1) is 44.4. The number of nitrogens with one attached hydrogen (secondary N) is 1. The number of unbranched alkanes of at least 4 members (excludes halogenated alkanes) is 5. The van der Waals surface area contributed by atoms with Gasteiger partial charge in [-0.3, -0.25) is 19.2 Å². The number of amides is 1. The summed E-state index contributed by atoms with van der Waals surface area (Å²) in [5.74, 6) is -3.00. The third kappa shape index (κ3) is 22.0. The Labute approximate surface area is 532 Å². The minimum absolute atomic E-state index is 0.0613. The molecule has 3 saturated heterocycles. The zero-order chi connectivity index (χ0) is 64.2. The second-order valence-electron chi connectivity index (χ2n) is 22.6. The average molecular weight is 1260 g/mol. The SMILES string of the molecule is CCCCCCCCO[C@H]1O[C@H](COCc2ccccc2)[C@@H](OCc2ccccc2)[C@H](OCc2ccccc2)[C@@H]1O[C@@H]1O[C@H](COCc2ccccc2)[C@@H](O[C@@H]2O[C@H](CN=[N+]=[N-])[C@H](OC(C)=O)[C@H](OC(C)=O)[C@H]2OC(C)=O)[C@H](OCc2ccccc2)[C@H]1NC(C)=O. The molecule has 15 atom stereocenters. The number of ether oxygens (including phenoxy) is 14. The van der Waals surface area contributed by atoms with Gasteiger partial charge >= 0.3 is 17.9 Å². The van der Waals surface area contributed by atoms with Crippen molar-refractivity contribution in [1.82, 2.24) is 5.32 Å². The molecule has 8 rings (SSSR count). The number of benzene rings is 5. The maximum Gasteiger partial charge on any atom is 0.303 e. The minimum atomic E-state index is -1.71. The van der Waals surface area contributed by atoms with Crippen LogP contribution in [0.15, 0.2) is 157 Å². The molecule has 3 aliphatic heterocycles. The quantitative estimate of drug-likeness (QED) is 0.00987. The standard InChI is InChI=1S/C69H86N4O18/c1-6-7-8-9-10-26-37-80-68-65(63(83-43-54-35-24-15-25-36-54)59(81-41-52-31-20-13-21-32-52)56(89-68)44-78-39-50-27-16-11-17-28-50)91-67-58(72-46(2)74)62(82-42-53-33-22-14-23-34-53)61(57(88-67)45-79-40-51-29-18-12-19-30-51)90-69-66(86-49(5)77)64(85-48(4)76)60(84-47(3)75)55(87-69)38-71-73-70/h11-25,27-36,55-69H,6-10,26,37-45H2,1-5H3,(H,72,74)/t55-,56-,57-,58-,59-,60+,61-,62-,63+,64+,65+,66-,67+,68+,69+/m1/s1. The van der Waals surface area contributed by atoms with Gasteiger partial charge in [0.15, 0.2) is 37.2 Å². The lowest BCUT2D eigenvalue weighted by atomic mass is 9.94. The molecule has 0 aromatic heterocycles. The van der Waals surface area contributed by atoms with Crippen LogP contribution in [0.1, 0.15) is 101 Å². The molecule has 490 valence electrons. The van der Waals surface area contributed by atoms with E-state index in [2.05, 4.69) is 22.3 Å². The van der Waals surface area contributed by atoms with E-state index < -0.39 is 122 Å². The monoisotopic (exact) mass is 1260 g/mol. The van der Waals surface area contributed by atoms with Crippen molar-refractivity contribution >= 4 is 23.8 Å². The van der Waals surface area contributed by atoms with Crippen LogP contribution in [0.5, 0.6) is 0 Å². The molecule has 0 saturated carbocycles. The first-order valence-corrected chi connectivity index (χ1v) is 31.3. The number of esters is 3. The summed E-state index contributed by atoms with van der Waals surface area (Å²) in [6, 6.07) is 46.7. The van der Waals surface area contributed by atoms with Crippen LogP contribution >= 0.6 is 0 Å². The van der Waals surface area contributed by atoms with Crippen LogP contribution in [0.25, 0.3) is 10.4 Å². The van der Waals surface area contributed by atoms with Crippen LogP contribution in [-0.4, -0.2) is 142 Å². The molecule has 22 nitrogen and oxygen atoms in total. The summed E-state index contributed by atoms with van der Waals surface area (Å²) in [6.07, 6.45) is -12.2. The molecule has 0 aliphatic carbocycles. The molecule has 91 heavy (non-hydrogen) atoms. The second-order valence-corrected chi connectivity index (χ2v) is 22.6. The van der Waals surface area contributed by atoms with Gasteiger partial charge in [0, 0.05) is 39.2 Å². The van der Waals surface area contributed by atoms with Gasteiger partial charge in [0.2, 0.25) is 5.91 Å². The van der Waals surface area contributed by atoms with Crippen molar-refractivity contribution in [2.75, 3.05) is 26.4 Å². The van der Waals surface area contributed by atoms with Crippen LogP contribution < -0.4 is 5.32 Å². The molecular formula is C69H86N4O18. The van der Waals surface area contributed by atoms with Crippen molar-refractivity contribution < 1.29 is 85.5 Å². The number of carbonyl (C=O) groups excluding carboxylic acids is 4. The highest BCUT2D eigenvalue weighted by Crippen LogP contribution is 2.38. The fourth-order valence-electron chi connectivity index (χ4n) is 11.2. The Kier molecular flexibility index (Phi) is 28.6. The van der Waals surface area contributed by atoms with Crippen molar-refractivity contribution in [1.29, 1.82) is 0 Å². The van der Waals surface area contributed by atoms with Gasteiger partial charge in [-0.05, 0) is 39.8 Å². The predicted molar refractivity (Wildman–Crippen MR) is 331 cm³/mol. The summed E-state index contributed by atoms with van der Waals surface area (Å²) in [5.41, 5.74) is 13.8. The van der Waals surface area contributed by atoms with Gasteiger partial charge in [-0.1, -0.05) is 196 Å². The van der Waals surface area contributed by atoms with Gasteiger partial charge in [-0.15, -0.1) is 0 Å². The van der Waals surface area contributed by atoms with E-state index in [1.165, 1.54) is 6.92 Å². The molecule has 3 aliphatic rings. The third-order valence-corrected chi connectivity index (χ3v) is 15.4. The molecule has 0 bridgehead atoms. The van der Waals surface area contributed by atoms with E-state index in [1.54, 1.807) is 0 Å². The molecule has 0 spiro atoms. The van der Waals surface area contributed by atoms with Crippen LogP contribution in [0.3, 0.4) is 0 Å². The van der Waals surface area contributed by atoms with E-state index >= 15 is 0 Å². The van der Waals surface area contributed by atoms with E-state index in [4.69, 9.17) is 66.3 Å². The van der Waals surface area contributed by atoms with Crippen LogP contribution in [-0.2, 0) is 119 Å². The Bertz CT molecular complexity index is 2990. The summed E-state index contributed by atoms with van der Waals surface area (Å²) in [4.78, 5) is 55.8. The predicted octanol–water partition coefficient (Wildman–Crippen LogP) is 10.1. The molecule has 1 N–H and O–H groups in total. The highest BCUT2D eigenvalue weighted by molar-refractivity contribution is 5.73. The molecule has 22 heteroatoms. The summed E-state index contributed by atoms with van der Waals surface area (Å²) in [6.45, 7) is 7.12. The number of azide groups is 1. The van der Waals surface area contributed by atoms with Crippen LogP contribution in [0.2, 0.25) is 0 Å². The number of hydrogen-bond donors (Lipinski definition) is 1. The van der Waals surface area contributed by atoms with E-state index in [0.29, 0.717) is 6.42 Å². The van der Waals surface area contributed by atoms with Crippen molar-refractivity contribution in [2.45, 2.75) is 198 Å². The van der Waals surface area contributed by atoms with E-state index in [0.717, 1.165) is 80.7 Å². The smallest absolute Gasteiger partial charge is 0.303 e. The van der Waals surface area contributed by atoms with E-state index in [-0.39, 0.29) is 52.9 Å². The van der Waals surface area contributed by atoms with Crippen LogP contribution in [0.4, 0.5) is 0 Å². The number of nitrogens with zero attached hydrogens (tertiary/aromatic N) is 3. The fourth-order valence-corrected chi connectivity index (χ4v) is 11.2. The first-order valence-electron chi connectivity index (χ1n) is 31.3. The Hall–Kier alpha value is -7.15. The number of carbonyl (C=O) groups is 4. The highest BCUT2D eigenvalue weighted by atomic mass is 16.8. The minimum Gasteiger partial charge on any atom is -0.456 e. The van der Waals surface area contributed by atoms with Gasteiger partial charge in [-0.25, -0.2) is 0 Å². The molecule has 3 fully saturated rings. The lowest BCUT2D eigenvalue weighted by molar-refractivity contribution is -0.380. The molecule has 3 heterocycles. The Balaban J connectivity index is 1.25. The maximum atomic E-state index is 14.0. The molecule has 0 radical (unpaired) electrons. The summed E-state index contributed by atoms with van der Waals surface area (Å²) < 4.78 is 93.9. The average Bonchev–Trinajstić information content (AvgIpc) is 0.800. The molecule has 5 aromatic rings. The van der Waals surface area contributed by atoms with Crippen LogP contribution in [0, 0.1) is 0 Å². The van der Waals surface area contributed by atoms with E-state index in [9.17, 15) is 24.7 Å². The Morgan fingerprint density at radius 1 is 0.440 bits per heavy atom. The van der Waals surface area contributed by atoms with Gasteiger partial charge in [0.25, 0.3) is 0 Å². The molecule has 1 amide bonds. The van der Waals surface area contributed by atoms with Gasteiger partial charge in [0.1, 0.15) is 54.9 Å². The summed E-state index contributed by atoms with van der Waals surface area (Å²) in [7, 11) is 0. The summed E-state index contributed by atoms with van der Waals surface area (Å²) >= 11 is 0. The van der Waals surface area contributed by atoms with Crippen molar-refractivity contribution in [3.8, 4) is 0 Å². The third-order valence-electron chi connectivity index (χ3n) is 15.4. The van der Waals surface area contributed by atoms with Crippen molar-refractivity contribution in [2.24, 2.45) is 5.11 Å². The maximum absolute atomic E-state index is 14.0. The normalized spacial score (nSPS) is 26.4. The second kappa shape index (κ2) is 37.4. The number of rotatable bonds is 35. The van der Waals surface area contributed by atoms with Gasteiger partial charge < -0.3 is 71.6 Å². The van der Waals surface area contributed by atoms with Crippen molar-refractivity contribution in [3.05, 3.63) is 190 Å². The zero-order valence-corrected chi connectivity index (χ0v) is 52.4. The largest absolute Gasteiger partial charge is 0.456 e. The van der Waals surface area contributed by atoms with E-state index in [1.807, 2.05) is 152 Å². The van der Waals surface area contributed by atoms with Gasteiger partial charge in [-0.2, -0.15) is 0 Å². The fraction of sp³-hybridized carbons (Fsp3) is 0.507. The zero-order valence-electron chi connectivity index (χ0n) is 52.4.